The molecule has 0 saturated heterocycles. The zero-order chi connectivity index (χ0) is 24.3. The third-order valence-corrected chi connectivity index (χ3v) is 4.76. The third kappa shape index (κ3) is 6.55. The van der Waals surface area contributed by atoms with Crippen molar-refractivity contribution < 1.29 is 23.7 Å². The molecule has 0 fully saturated rings. The third-order valence-electron chi connectivity index (χ3n) is 4.76. The molecule has 3 rings (SSSR count). The number of unbranched alkanes of at least 4 members (excludes halogenated alkanes) is 1. The van der Waals surface area contributed by atoms with Gasteiger partial charge in [0.15, 0.2) is 23.1 Å². The van der Waals surface area contributed by atoms with Crippen LogP contribution in [0.5, 0.6) is 17.2 Å². The fraction of sp³-hybridized carbons (Fsp3) is 0.333. The number of carbonyl (C=O) groups excluding carboxylic acids is 1. The van der Waals surface area contributed by atoms with Gasteiger partial charge in [0.2, 0.25) is 18.1 Å². The van der Waals surface area contributed by atoms with E-state index in [-0.39, 0.29) is 12.5 Å². The van der Waals surface area contributed by atoms with E-state index in [1.807, 2.05) is 12.1 Å². The van der Waals surface area contributed by atoms with Gasteiger partial charge in [0, 0.05) is 17.9 Å². The summed E-state index contributed by atoms with van der Waals surface area (Å²) >= 11 is 0. The van der Waals surface area contributed by atoms with Crippen LogP contribution < -0.4 is 19.5 Å². The molecule has 3 aromatic rings. The number of para-hydroxylation sites is 1. The standard InChI is InChI=1S/C24H29N5O5/c1-5-6-14-33-15-22(30)27-19-12-10-18(11-13-19)24-26-17(2)29(28-24)25-16-34-23-20(31-3)8-7-9-21(23)32-4/h7-13,16H,5-6,14-15H2,1-4H3,(H,27,30)/b25-16+. The molecule has 1 amide bonds. The van der Waals surface area contributed by atoms with Gasteiger partial charge in [-0.3, -0.25) is 4.79 Å². The summed E-state index contributed by atoms with van der Waals surface area (Å²) in [5, 5.41) is 11.4. The smallest absolute Gasteiger partial charge is 0.250 e. The lowest BCUT2D eigenvalue weighted by molar-refractivity contribution is -0.120. The highest BCUT2D eigenvalue weighted by atomic mass is 16.5. The number of aromatic nitrogens is 3. The summed E-state index contributed by atoms with van der Waals surface area (Å²) in [6.07, 6.45) is 3.21. The number of hydrogen-bond acceptors (Lipinski definition) is 8. The number of nitrogens with zero attached hydrogens (tertiary/aromatic N) is 4. The van der Waals surface area contributed by atoms with Crippen LogP contribution in [0.3, 0.4) is 0 Å². The topological polar surface area (TPSA) is 109 Å². The first-order chi connectivity index (χ1) is 16.5. The summed E-state index contributed by atoms with van der Waals surface area (Å²) in [6.45, 7) is 4.47. The van der Waals surface area contributed by atoms with E-state index in [1.165, 1.54) is 11.2 Å². The van der Waals surface area contributed by atoms with Gasteiger partial charge in [-0.15, -0.1) is 15.0 Å². The molecule has 0 unspecified atom stereocenters. The van der Waals surface area contributed by atoms with Gasteiger partial charge in [-0.05, 0) is 49.7 Å². The number of nitrogens with one attached hydrogen (secondary N) is 1. The number of ether oxygens (including phenoxy) is 4. The molecule has 34 heavy (non-hydrogen) atoms. The molecule has 10 heteroatoms. The van der Waals surface area contributed by atoms with Crippen LogP contribution >= 0.6 is 0 Å². The number of carbonyl (C=O) groups is 1. The summed E-state index contributed by atoms with van der Waals surface area (Å²) in [7, 11) is 3.09. The van der Waals surface area contributed by atoms with E-state index in [1.54, 1.807) is 51.5 Å². The van der Waals surface area contributed by atoms with Gasteiger partial charge in [-0.1, -0.05) is 19.4 Å². The normalized spacial score (nSPS) is 10.9. The summed E-state index contributed by atoms with van der Waals surface area (Å²) < 4.78 is 21.6. The Morgan fingerprint density at radius 1 is 1.12 bits per heavy atom. The molecule has 180 valence electrons. The van der Waals surface area contributed by atoms with Crippen molar-refractivity contribution in [3.63, 3.8) is 0 Å². The second kappa shape index (κ2) is 12.4. The molecule has 2 aromatic carbocycles. The fourth-order valence-corrected chi connectivity index (χ4v) is 2.98. The zero-order valence-electron chi connectivity index (χ0n) is 19.8. The molecule has 0 atom stereocenters. The Kier molecular flexibility index (Phi) is 8.98. The van der Waals surface area contributed by atoms with Gasteiger partial charge in [0.05, 0.1) is 14.2 Å². The Morgan fingerprint density at radius 2 is 1.82 bits per heavy atom. The molecular weight excluding hydrogens is 438 g/mol. The zero-order valence-corrected chi connectivity index (χ0v) is 19.8. The highest BCUT2D eigenvalue weighted by molar-refractivity contribution is 5.91. The first-order valence-corrected chi connectivity index (χ1v) is 10.9. The van der Waals surface area contributed by atoms with Crippen molar-refractivity contribution in [2.75, 3.05) is 32.8 Å². The van der Waals surface area contributed by atoms with Crippen molar-refractivity contribution in [2.45, 2.75) is 26.7 Å². The van der Waals surface area contributed by atoms with E-state index in [0.29, 0.717) is 41.2 Å². The van der Waals surface area contributed by atoms with Gasteiger partial charge in [0.25, 0.3) is 0 Å². The summed E-state index contributed by atoms with van der Waals surface area (Å²) in [5.41, 5.74) is 1.45. The maximum Gasteiger partial charge on any atom is 0.250 e. The van der Waals surface area contributed by atoms with Gasteiger partial charge in [-0.2, -0.15) is 0 Å². The van der Waals surface area contributed by atoms with Crippen LogP contribution in [0, 0.1) is 6.92 Å². The fourth-order valence-electron chi connectivity index (χ4n) is 2.98. The number of benzene rings is 2. The number of amides is 1. The minimum atomic E-state index is -0.192. The maximum absolute atomic E-state index is 12.0. The maximum atomic E-state index is 12.0. The van der Waals surface area contributed by atoms with E-state index in [2.05, 4.69) is 27.4 Å². The van der Waals surface area contributed by atoms with Crippen LogP contribution in [0.4, 0.5) is 5.69 Å². The van der Waals surface area contributed by atoms with E-state index in [0.717, 1.165) is 18.4 Å². The quantitative estimate of drug-likeness (QED) is 0.244. The molecule has 0 spiro atoms. The van der Waals surface area contributed by atoms with E-state index in [4.69, 9.17) is 18.9 Å². The highest BCUT2D eigenvalue weighted by Crippen LogP contribution is 2.36. The molecule has 0 aliphatic rings. The van der Waals surface area contributed by atoms with Gasteiger partial charge >= 0.3 is 0 Å². The largest absolute Gasteiger partial charge is 0.493 e. The first kappa shape index (κ1) is 24.7. The van der Waals surface area contributed by atoms with Crippen LogP contribution in [0.25, 0.3) is 11.4 Å². The molecule has 0 saturated carbocycles. The Bertz CT molecular complexity index is 1090. The van der Waals surface area contributed by atoms with Crippen LogP contribution in [-0.2, 0) is 9.53 Å². The Labute approximate surface area is 198 Å². The Hall–Kier alpha value is -3.92. The van der Waals surface area contributed by atoms with Crippen molar-refractivity contribution in [3.8, 4) is 28.6 Å². The predicted octanol–water partition coefficient (Wildman–Crippen LogP) is 3.90. The number of hydrogen-bond donors (Lipinski definition) is 1. The number of anilines is 1. The van der Waals surface area contributed by atoms with Crippen molar-refractivity contribution in [2.24, 2.45) is 5.10 Å². The molecule has 0 bridgehead atoms. The Morgan fingerprint density at radius 3 is 2.47 bits per heavy atom. The second-order valence-corrected chi connectivity index (χ2v) is 7.23. The number of aryl methyl sites for hydroxylation is 1. The molecule has 1 heterocycles. The van der Waals surface area contributed by atoms with Crippen LogP contribution in [0.2, 0.25) is 0 Å². The van der Waals surface area contributed by atoms with Crippen molar-refractivity contribution in [3.05, 3.63) is 48.3 Å². The summed E-state index contributed by atoms with van der Waals surface area (Å²) in [4.78, 5) is 17.8. The lowest BCUT2D eigenvalue weighted by Crippen LogP contribution is -2.18. The number of methoxy groups -OCH3 is 2. The van der Waals surface area contributed by atoms with Crippen molar-refractivity contribution in [1.29, 1.82) is 0 Å². The minimum absolute atomic E-state index is 0.0354. The second-order valence-electron chi connectivity index (χ2n) is 7.23. The van der Waals surface area contributed by atoms with Crippen LogP contribution in [-0.4, -0.2) is 54.6 Å². The predicted molar refractivity (Wildman–Crippen MR) is 129 cm³/mol. The van der Waals surface area contributed by atoms with Crippen LogP contribution in [0.1, 0.15) is 25.6 Å². The highest BCUT2D eigenvalue weighted by Gasteiger charge is 2.12. The average molecular weight is 468 g/mol. The monoisotopic (exact) mass is 467 g/mol. The molecule has 1 aromatic heterocycles. The molecule has 1 N–H and O–H groups in total. The number of rotatable bonds is 12. The van der Waals surface area contributed by atoms with E-state index in [9.17, 15) is 4.79 Å². The molecule has 0 radical (unpaired) electrons. The molecular formula is C24H29N5O5. The van der Waals surface area contributed by atoms with Gasteiger partial charge in [-0.25, -0.2) is 4.98 Å². The molecule has 0 aliphatic carbocycles. The summed E-state index contributed by atoms with van der Waals surface area (Å²) in [5.74, 6) is 2.31. The SMILES string of the molecule is CCCCOCC(=O)Nc1ccc(-c2nc(C)n(/N=C/Oc3c(OC)cccc3OC)n2)cc1. The van der Waals surface area contributed by atoms with E-state index >= 15 is 0 Å². The van der Waals surface area contributed by atoms with Gasteiger partial charge < -0.3 is 24.3 Å². The minimum Gasteiger partial charge on any atom is -0.493 e. The van der Waals surface area contributed by atoms with Crippen molar-refractivity contribution in [1.82, 2.24) is 14.9 Å². The Balaban J connectivity index is 1.63. The average Bonchev–Trinajstić information content (AvgIpc) is 3.22. The lowest BCUT2D eigenvalue weighted by Gasteiger charge is -2.10. The lowest BCUT2D eigenvalue weighted by atomic mass is 10.2. The summed E-state index contributed by atoms with van der Waals surface area (Å²) in [6, 6.07) is 12.5. The van der Waals surface area contributed by atoms with Gasteiger partial charge in [0.1, 0.15) is 6.61 Å². The first-order valence-electron chi connectivity index (χ1n) is 10.9. The van der Waals surface area contributed by atoms with E-state index < -0.39 is 0 Å². The molecule has 0 aliphatic heterocycles. The van der Waals surface area contributed by atoms with Crippen molar-refractivity contribution >= 4 is 18.0 Å². The molecule has 10 nitrogen and oxygen atoms in total. The van der Waals surface area contributed by atoms with Crippen LogP contribution in [0.15, 0.2) is 47.6 Å².